The quantitative estimate of drug-likeness (QED) is 0.812. The third-order valence-electron chi connectivity index (χ3n) is 3.00. The van der Waals surface area contributed by atoms with E-state index in [9.17, 15) is 4.79 Å². The second-order valence-corrected chi connectivity index (χ2v) is 5.20. The number of benzene rings is 1. The van der Waals surface area contributed by atoms with Gasteiger partial charge >= 0.3 is 0 Å². The molecule has 0 amide bonds. The van der Waals surface area contributed by atoms with E-state index in [4.69, 9.17) is 5.26 Å². The first kappa shape index (κ1) is 13.5. The van der Waals surface area contributed by atoms with Crippen molar-refractivity contribution < 1.29 is 0 Å². The lowest BCUT2D eigenvalue weighted by molar-refractivity contribution is 0.771. The van der Waals surface area contributed by atoms with Crippen LogP contribution in [0.15, 0.2) is 27.5 Å². The molecule has 5 heteroatoms. The number of hydrogen-bond acceptors (Lipinski definition) is 3. The molecule has 1 aromatic carbocycles. The van der Waals surface area contributed by atoms with Crippen molar-refractivity contribution in [1.29, 1.82) is 5.26 Å². The molecule has 1 heterocycles. The molecular formula is C14H12BrN3O. The SMILES string of the molecule is Cc1cc(-n2nc(C)c(C#N)c(C)c2=O)ccc1Br. The van der Waals surface area contributed by atoms with Gasteiger partial charge in [0.25, 0.3) is 5.56 Å². The van der Waals surface area contributed by atoms with Gasteiger partial charge in [0.2, 0.25) is 0 Å². The molecule has 0 N–H and O–H groups in total. The molecule has 2 aromatic rings. The van der Waals surface area contributed by atoms with E-state index in [0.29, 0.717) is 22.5 Å². The Kier molecular flexibility index (Phi) is 3.54. The Hall–Kier alpha value is -1.93. The maximum Gasteiger partial charge on any atom is 0.275 e. The fourth-order valence-electron chi connectivity index (χ4n) is 1.88. The van der Waals surface area contributed by atoms with E-state index >= 15 is 0 Å². The van der Waals surface area contributed by atoms with Gasteiger partial charge in [0.05, 0.1) is 16.9 Å². The van der Waals surface area contributed by atoms with Crippen molar-refractivity contribution in [2.45, 2.75) is 20.8 Å². The third kappa shape index (κ3) is 2.32. The van der Waals surface area contributed by atoms with E-state index in [1.165, 1.54) is 4.68 Å². The Morgan fingerprint density at radius 3 is 2.58 bits per heavy atom. The Morgan fingerprint density at radius 1 is 1.32 bits per heavy atom. The second-order valence-electron chi connectivity index (χ2n) is 4.35. The van der Waals surface area contributed by atoms with Gasteiger partial charge < -0.3 is 0 Å². The molecule has 0 aliphatic carbocycles. The molecule has 0 aliphatic heterocycles. The van der Waals surface area contributed by atoms with E-state index in [1.807, 2.05) is 31.2 Å². The molecule has 0 fully saturated rings. The van der Waals surface area contributed by atoms with E-state index in [1.54, 1.807) is 13.8 Å². The second kappa shape index (κ2) is 4.98. The van der Waals surface area contributed by atoms with Crippen molar-refractivity contribution in [3.63, 3.8) is 0 Å². The Morgan fingerprint density at radius 2 is 2.00 bits per heavy atom. The normalized spacial score (nSPS) is 10.3. The molecule has 0 bridgehead atoms. The van der Waals surface area contributed by atoms with Gasteiger partial charge in [-0.25, -0.2) is 0 Å². The summed E-state index contributed by atoms with van der Waals surface area (Å²) in [5.41, 5.74) is 2.79. The zero-order valence-electron chi connectivity index (χ0n) is 10.9. The first-order valence-electron chi connectivity index (χ1n) is 5.73. The topological polar surface area (TPSA) is 58.7 Å². The minimum atomic E-state index is -0.260. The highest BCUT2D eigenvalue weighted by molar-refractivity contribution is 9.10. The number of halogens is 1. The highest BCUT2D eigenvalue weighted by Crippen LogP contribution is 2.19. The summed E-state index contributed by atoms with van der Waals surface area (Å²) in [6, 6.07) is 7.59. The van der Waals surface area contributed by atoms with Crippen LogP contribution in [0.25, 0.3) is 5.69 Å². The van der Waals surface area contributed by atoms with Crippen LogP contribution in [-0.4, -0.2) is 9.78 Å². The van der Waals surface area contributed by atoms with Gasteiger partial charge in [-0.3, -0.25) is 4.79 Å². The fourth-order valence-corrected chi connectivity index (χ4v) is 2.13. The van der Waals surface area contributed by atoms with Crippen LogP contribution >= 0.6 is 15.9 Å². The summed E-state index contributed by atoms with van der Waals surface area (Å²) in [5, 5.41) is 13.2. The molecule has 2 rings (SSSR count). The highest BCUT2D eigenvalue weighted by atomic mass is 79.9. The van der Waals surface area contributed by atoms with E-state index in [2.05, 4.69) is 21.0 Å². The summed E-state index contributed by atoms with van der Waals surface area (Å²) in [4.78, 5) is 12.2. The van der Waals surface area contributed by atoms with Crippen LogP contribution in [0.4, 0.5) is 0 Å². The van der Waals surface area contributed by atoms with Crippen LogP contribution in [-0.2, 0) is 0 Å². The van der Waals surface area contributed by atoms with Crippen LogP contribution in [0.5, 0.6) is 0 Å². The summed E-state index contributed by atoms with van der Waals surface area (Å²) in [7, 11) is 0. The molecule has 0 unspecified atom stereocenters. The number of nitrogens with zero attached hydrogens (tertiary/aromatic N) is 3. The van der Waals surface area contributed by atoms with Gasteiger partial charge in [-0.1, -0.05) is 15.9 Å². The van der Waals surface area contributed by atoms with Crippen molar-refractivity contribution >= 4 is 15.9 Å². The molecule has 1 aromatic heterocycles. The van der Waals surface area contributed by atoms with Gasteiger partial charge in [0.15, 0.2) is 0 Å². The van der Waals surface area contributed by atoms with E-state index < -0.39 is 0 Å². The fraction of sp³-hybridized carbons (Fsp3) is 0.214. The van der Waals surface area contributed by atoms with Gasteiger partial charge in [-0.15, -0.1) is 0 Å². The zero-order valence-corrected chi connectivity index (χ0v) is 12.4. The minimum Gasteiger partial charge on any atom is -0.267 e. The molecule has 0 saturated heterocycles. The molecule has 19 heavy (non-hydrogen) atoms. The van der Waals surface area contributed by atoms with Crippen LogP contribution in [0.2, 0.25) is 0 Å². The predicted molar refractivity (Wildman–Crippen MR) is 76.5 cm³/mol. The molecule has 0 aliphatic rings. The molecule has 96 valence electrons. The van der Waals surface area contributed by atoms with Gasteiger partial charge in [0, 0.05) is 10.0 Å². The summed E-state index contributed by atoms with van der Waals surface area (Å²) >= 11 is 3.42. The van der Waals surface area contributed by atoms with Crippen molar-refractivity contribution in [3.05, 3.63) is 55.4 Å². The average molecular weight is 318 g/mol. The Bertz CT molecular complexity index is 757. The predicted octanol–water partition coefficient (Wildman–Crippen LogP) is 2.79. The van der Waals surface area contributed by atoms with Crippen molar-refractivity contribution in [3.8, 4) is 11.8 Å². The first-order valence-corrected chi connectivity index (χ1v) is 6.52. The van der Waals surface area contributed by atoms with Crippen molar-refractivity contribution in [2.24, 2.45) is 0 Å². The van der Waals surface area contributed by atoms with Crippen molar-refractivity contribution in [2.75, 3.05) is 0 Å². The number of nitriles is 1. The zero-order chi connectivity index (χ0) is 14.2. The Balaban J connectivity index is 2.74. The van der Waals surface area contributed by atoms with Crippen LogP contribution < -0.4 is 5.56 Å². The standard InChI is InChI=1S/C14H12BrN3O/c1-8-6-11(4-5-13(8)15)18-14(19)9(2)12(7-16)10(3)17-18/h4-6H,1-3H3. The largest absolute Gasteiger partial charge is 0.275 e. The van der Waals surface area contributed by atoms with Gasteiger partial charge in [-0.05, 0) is 44.5 Å². The van der Waals surface area contributed by atoms with Crippen molar-refractivity contribution in [1.82, 2.24) is 9.78 Å². The Labute approximate surface area is 119 Å². The lowest BCUT2D eigenvalue weighted by Crippen LogP contribution is -2.25. The lowest BCUT2D eigenvalue weighted by Gasteiger charge is -2.10. The summed E-state index contributed by atoms with van der Waals surface area (Å²) in [6.45, 7) is 5.33. The van der Waals surface area contributed by atoms with Crippen LogP contribution in [0, 0.1) is 32.1 Å². The van der Waals surface area contributed by atoms with E-state index in [-0.39, 0.29) is 5.56 Å². The lowest BCUT2D eigenvalue weighted by atomic mass is 10.1. The number of aromatic nitrogens is 2. The smallest absolute Gasteiger partial charge is 0.267 e. The monoisotopic (exact) mass is 317 g/mol. The minimum absolute atomic E-state index is 0.260. The van der Waals surface area contributed by atoms with Crippen LogP contribution in [0.1, 0.15) is 22.4 Å². The summed E-state index contributed by atoms with van der Waals surface area (Å²) < 4.78 is 2.32. The number of aryl methyl sites for hydroxylation is 2. The number of hydrogen-bond donors (Lipinski definition) is 0. The third-order valence-corrected chi connectivity index (χ3v) is 3.89. The summed E-state index contributed by atoms with van der Waals surface area (Å²) in [5.74, 6) is 0. The highest BCUT2D eigenvalue weighted by Gasteiger charge is 2.12. The summed E-state index contributed by atoms with van der Waals surface area (Å²) in [6.07, 6.45) is 0. The van der Waals surface area contributed by atoms with Gasteiger partial charge in [-0.2, -0.15) is 15.0 Å². The molecule has 0 spiro atoms. The molecule has 4 nitrogen and oxygen atoms in total. The molecule has 0 atom stereocenters. The number of rotatable bonds is 1. The van der Waals surface area contributed by atoms with Crippen LogP contribution in [0.3, 0.4) is 0 Å². The maximum absolute atomic E-state index is 12.2. The van der Waals surface area contributed by atoms with E-state index in [0.717, 1.165) is 10.0 Å². The maximum atomic E-state index is 12.2. The molecule has 0 radical (unpaired) electrons. The first-order chi connectivity index (χ1) is 8.95. The van der Waals surface area contributed by atoms with Gasteiger partial charge in [0.1, 0.15) is 6.07 Å². The average Bonchev–Trinajstić information content (AvgIpc) is 2.38. The molecular weight excluding hydrogens is 306 g/mol. The molecule has 0 saturated carbocycles.